The first-order valence-electron chi connectivity index (χ1n) is 11.4. The second kappa shape index (κ2) is 11.7. The number of carbonyl (C=O) groups is 3. The summed E-state index contributed by atoms with van der Waals surface area (Å²) in [5.41, 5.74) is 1.33. The maximum atomic E-state index is 13.2. The van der Waals surface area contributed by atoms with Gasteiger partial charge in [-0.25, -0.2) is 4.79 Å². The average Bonchev–Trinajstić information content (AvgIpc) is 2.88. The highest BCUT2D eigenvalue weighted by Crippen LogP contribution is 2.31. The molecule has 0 aromatic heterocycles. The zero-order chi connectivity index (χ0) is 26.5. The van der Waals surface area contributed by atoms with Crippen molar-refractivity contribution in [1.29, 1.82) is 0 Å². The van der Waals surface area contributed by atoms with Gasteiger partial charge in [-0.15, -0.1) is 11.8 Å². The Labute approximate surface area is 228 Å². The van der Waals surface area contributed by atoms with Gasteiger partial charge in [-0.05, 0) is 60.3 Å². The summed E-state index contributed by atoms with van der Waals surface area (Å²) in [5, 5.41) is 16.8. The number of thioether (sulfide) groups is 1. The van der Waals surface area contributed by atoms with Crippen LogP contribution in [0.1, 0.15) is 34.1 Å². The summed E-state index contributed by atoms with van der Waals surface area (Å²) >= 11 is 13.5. The highest BCUT2D eigenvalue weighted by Gasteiger charge is 2.20. The third-order valence-electron chi connectivity index (χ3n) is 5.60. The lowest BCUT2D eigenvalue weighted by molar-refractivity contribution is -0.115. The van der Waals surface area contributed by atoms with E-state index in [9.17, 15) is 19.5 Å². The molecule has 0 fully saturated rings. The molecule has 37 heavy (non-hydrogen) atoms. The number of fused-ring (bicyclic) bond motifs is 1. The number of rotatable bonds is 8. The Morgan fingerprint density at radius 2 is 1.59 bits per heavy atom. The van der Waals surface area contributed by atoms with Crippen molar-refractivity contribution in [3.63, 3.8) is 0 Å². The molecule has 0 heterocycles. The summed E-state index contributed by atoms with van der Waals surface area (Å²) in [6, 6.07) is 22.0. The second-order valence-electron chi connectivity index (χ2n) is 8.12. The Morgan fingerprint density at radius 1 is 0.892 bits per heavy atom. The molecule has 188 valence electrons. The quantitative estimate of drug-likeness (QED) is 0.195. The number of anilines is 2. The predicted octanol–water partition coefficient (Wildman–Crippen LogP) is 7.61. The zero-order valence-corrected chi connectivity index (χ0v) is 22.0. The van der Waals surface area contributed by atoms with E-state index in [1.807, 2.05) is 13.0 Å². The minimum Gasteiger partial charge on any atom is -0.478 e. The van der Waals surface area contributed by atoms with E-state index in [4.69, 9.17) is 23.2 Å². The summed E-state index contributed by atoms with van der Waals surface area (Å²) in [6.45, 7) is 1.91. The molecule has 9 heteroatoms. The van der Waals surface area contributed by atoms with E-state index in [0.717, 1.165) is 4.90 Å². The van der Waals surface area contributed by atoms with Crippen molar-refractivity contribution < 1.29 is 19.5 Å². The van der Waals surface area contributed by atoms with Gasteiger partial charge in [-0.3, -0.25) is 9.59 Å². The van der Waals surface area contributed by atoms with Gasteiger partial charge in [0.2, 0.25) is 5.91 Å². The van der Waals surface area contributed by atoms with Crippen LogP contribution in [0.5, 0.6) is 0 Å². The van der Waals surface area contributed by atoms with Gasteiger partial charge in [0.15, 0.2) is 0 Å². The molecule has 0 saturated heterocycles. The van der Waals surface area contributed by atoms with Crippen molar-refractivity contribution in [2.45, 2.75) is 23.5 Å². The van der Waals surface area contributed by atoms with Crippen LogP contribution in [0.4, 0.5) is 11.4 Å². The fourth-order valence-corrected chi connectivity index (χ4v) is 5.31. The number of benzene rings is 4. The van der Waals surface area contributed by atoms with E-state index in [1.54, 1.807) is 66.7 Å². The van der Waals surface area contributed by atoms with Crippen LogP contribution in [0.3, 0.4) is 0 Å². The molecule has 1 atom stereocenters. The van der Waals surface area contributed by atoms with Crippen LogP contribution >= 0.6 is 35.0 Å². The van der Waals surface area contributed by atoms with E-state index < -0.39 is 17.1 Å². The van der Waals surface area contributed by atoms with Crippen molar-refractivity contribution in [1.82, 2.24) is 0 Å². The second-order valence-corrected chi connectivity index (χ2v) is 10.2. The molecule has 0 aliphatic rings. The number of halogens is 2. The standard InChI is InChI=1S/C28H22Cl2N2O4S/c1-2-24(27(34)32-23-13-12-17(29)14-22(23)30)37-19-9-5-8-18(15-19)31-26(33)20-10-3-6-16-7-4-11-21(25(16)20)28(35)36/h3-15,24H,2H2,1H3,(H,31,33)(H,32,34)(H,35,36). The SMILES string of the molecule is CCC(Sc1cccc(NC(=O)c2cccc3cccc(C(=O)O)c23)c1)C(=O)Nc1ccc(Cl)cc1Cl. The molecule has 2 amide bonds. The molecule has 0 saturated carbocycles. The molecule has 4 aromatic carbocycles. The van der Waals surface area contributed by atoms with Gasteiger partial charge in [-0.1, -0.05) is 60.5 Å². The fourth-order valence-electron chi connectivity index (χ4n) is 3.84. The molecule has 0 radical (unpaired) electrons. The Bertz CT molecular complexity index is 1500. The number of amides is 2. The molecule has 4 aromatic rings. The van der Waals surface area contributed by atoms with Gasteiger partial charge in [0, 0.05) is 26.6 Å². The molecular weight excluding hydrogens is 531 g/mol. The Morgan fingerprint density at radius 3 is 2.27 bits per heavy atom. The Balaban J connectivity index is 1.52. The molecule has 0 bridgehead atoms. The summed E-state index contributed by atoms with van der Waals surface area (Å²) in [5.74, 6) is -1.74. The number of nitrogens with one attached hydrogen (secondary N) is 2. The number of hydrogen-bond donors (Lipinski definition) is 3. The monoisotopic (exact) mass is 552 g/mol. The molecule has 1 unspecified atom stereocenters. The summed E-state index contributed by atoms with van der Waals surface area (Å²) in [6.07, 6.45) is 0.562. The number of carbonyl (C=O) groups excluding carboxylic acids is 2. The van der Waals surface area contributed by atoms with Gasteiger partial charge in [0.05, 0.1) is 21.5 Å². The minimum absolute atomic E-state index is 0.0603. The highest BCUT2D eigenvalue weighted by molar-refractivity contribution is 8.00. The van der Waals surface area contributed by atoms with Gasteiger partial charge < -0.3 is 15.7 Å². The zero-order valence-electron chi connectivity index (χ0n) is 19.6. The van der Waals surface area contributed by atoms with Crippen molar-refractivity contribution in [3.05, 3.63) is 100 Å². The third-order valence-corrected chi connectivity index (χ3v) is 7.51. The summed E-state index contributed by atoms with van der Waals surface area (Å²) in [7, 11) is 0. The summed E-state index contributed by atoms with van der Waals surface area (Å²) in [4.78, 5) is 38.6. The molecule has 3 N–H and O–H groups in total. The van der Waals surface area contributed by atoms with Crippen molar-refractivity contribution in [3.8, 4) is 0 Å². The first-order valence-corrected chi connectivity index (χ1v) is 13.0. The van der Waals surface area contributed by atoms with Gasteiger partial charge in [0.1, 0.15) is 0 Å². The number of hydrogen-bond acceptors (Lipinski definition) is 4. The first-order chi connectivity index (χ1) is 17.8. The van der Waals surface area contributed by atoms with Crippen LogP contribution in [0.25, 0.3) is 10.8 Å². The molecular formula is C28H22Cl2N2O4S. The topological polar surface area (TPSA) is 95.5 Å². The predicted molar refractivity (Wildman–Crippen MR) is 150 cm³/mol. The summed E-state index contributed by atoms with van der Waals surface area (Å²) < 4.78 is 0. The van der Waals surface area contributed by atoms with Gasteiger partial charge in [0.25, 0.3) is 5.91 Å². The Kier molecular flexibility index (Phi) is 8.38. The van der Waals surface area contributed by atoms with E-state index in [-0.39, 0.29) is 17.0 Å². The highest BCUT2D eigenvalue weighted by atomic mass is 35.5. The van der Waals surface area contributed by atoms with Gasteiger partial charge >= 0.3 is 5.97 Å². The molecule has 0 spiro atoms. The Hall–Kier alpha value is -3.52. The molecule has 0 aliphatic heterocycles. The molecule has 6 nitrogen and oxygen atoms in total. The number of carboxylic acids is 1. The number of aromatic carboxylic acids is 1. The average molecular weight is 553 g/mol. The lowest BCUT2D eigenvalue weighted by Crippen LogP contribution is -2.24. The van der Waals surface area contributed by atoms with Crippen molar-refractivity contribution in [2.24, 2.45) is 0 Å². The maximum absolute atomic E-state index is 13.2. The van der Waals surface area contributed by atoms with Crippen LogP contribution in [0.2, 0.25) is 10.0 Å². The van der Waals surface area contributed by atoms with E-state index >= 15 is 0 Å². The van der Waals surface area contributed by atoms with Crippen LogP contribution in [0, 0.1) is 0 Å². The lowest BCUT2D eigenvalue weighted by atomic mass is 9.98. The van der Waals surface area contributed by atoms with Crippen LogP contribution in [0.15, 0.2) is 83.8 Å². The van der Waals surface area contributed by atoms with Crippen LogP contribution in [-0.4, -0.2) is 28.1 Å². The molecule has 4 rings (SSSR count). The van der Waals surface area contributed by atoms with Gasteiger partial charge in [-0.2, -0.15) is 0 Å². The first kappa shape index (κ1) is 26.5. The van der Waals surface area contributed by atoms with E-state index in [1.165, 1.54) is 17.8 Å². The minimum atomic E-state index is -1.10. The molecule has 0 aliphatic carbocycles. The lowest BCUT2D eigenvalue weighted by Gasteiger charge is -2.16. The normalized spacial score (nSPS) is 11.6. The maximum Gasteiger partial charge on any atom is 0.336 e. The van der Waals surface area contributed by atoms with Crippen LogP contribution in [-0.2, 0) is 4.79 Å². The van der Waals surface area contributed by atoms with Crippen molar-refractivity contribution in [2.75, 3.05) is 10.6 Å². The van der Waals surface area contributed by atoms with E-state index in [0.29, 0.717) is 38.6 Å². The van der Waals surface area contributed by atoms with E-state index in [2.05, 4.69) is 10.6 Å². The largest absolute Gasteiger partial charge is 0.478 e. The number of carboxylic acid groups (broad SMARTS) is 1. The van der Waals surface area contributed by atoms with Crippen molar-refractivity contribution >= 4 is 74.9 Å². The third kappa shape index (κ3) is 6.25. The van der Waals surface area contributed by atoms with Crippen LogP contribution < -0.4 is 10.6 Å². The fraction of sp³-hybridized carbons (Fsp3) is 0.107. The smallest absolute Gasteiger partial charge is 0.336 e.